The largest absolute Gasteiger partial charge is 0.492 e. The molecule has 4 rings (SSSR count). The molecular weight excluding hydrogens is 558 g/mol. The first kappa shape index (κ1) is 31.1. The SMILES string of the molecule is CCOc1ccccc1NC(=O)CSc1cccc(NC(=O)/C(=C\c2ccc(C(C)C)cc2)NC(=O)c2ccccc2)c1. The van der Waals surface area contributed by atoms with Crippen molar-refractivity contribution in [2.24, 2.45) is 0 Å². The smallest absolute Gasteiger partial charge is 0.272 e. The second-order valence-electron chi connectivity index (χ2n) is 9.95. The van der Waals surface area contributed by atoms with Gasteiger partial charge < -0.3 is 20.7 Å². The maximum atomic E-state index is 13.4. The molecule has 4 aromatic rings. The minimum absolute atomic E-state index is 0.108. The second-order valence-corrected chi connectivity index (χ2v) is 11.0. The van der Waals surface area contributed by atoms with Crippen molar-refractivity contribution in [2.75, 3.05) is 23.0 Å². The molecule has 3 N–H and O–H groups in total. The molecule has 7 nitrogen and oxygen atoms in total. The lowest BCUT2D eigenvalue weighted by molar-refractivity contribution is -0.114. The van der Waals surface area contributed by atoms with E-state index in [9.17, 15) is 14.4 Å². The number of para-hydroxylation sites is 2. The predicted octanol–water partition coefficient (Wildman–Crippen LogP) is 7.35. The van der Waals surface area contributed by atoms with Gasteiger partial charge in [-0.15, -0.1) is 11.8 Å². The summed E-state index contributed by atoms with van der Waals surface area (Å²) in [6, 6.07) is 31.1. The van der Waals surface area contributed by atoms with Gasteiger partial charge in [-0.2, -0.15) is 0 Å². The van der Waals surface area contributed by atoms with Crippen LogP contribution in [-0.4, -0.2) is 30.1 Å². The Morgan fingerprint density at radius 1 is 0.837 bits per heavy atom. The molecule has 0 atom stereocenters. The maximum absolute atomic E-state index is 13.4. The van der Waals surface area contributed by atoms with Crippen molar-refractivity contribution in [3.05, 3.63) is 126 Å². The quantitative estimate of drug-likeness (QED) is 0.118. The van der Waals surface area contributed by atoms with Crippen LogP contribution in [0.3, 0.4) is 0 Å². The van der Waals surface area contributed by atoms with E-state index in [1.54, 1.807) is 54.6 Å². The van der Waals surface area contributed by atoms with Gasteiger partial charge in [-0.3, -0.25) is 14.4 Å². The first-order valence-corrected chi connectivity index (χ1v) is 15.0. The van der Waals surface area contributed by atoms with Gasteiger partial charge in [0.2, 0.25) is 5.91 Å². The molecule has 0 heterocycles. The minimum atomic E-state index is -0.468. The highest BCUT2D eigenvalue weighted by molar-refractivity contribution is 8.00. The van der Waals surface area contributed by atoms with E-state index in [1.807, 2.05) is 61.5 Å². The van der Waals surface area contributed by atoms with E-state index in [2.05, 4.69) is 29.8 Å². The van der Waals surface area contributed by atoms with Crippen molar-refractivity contribution >= 4 is 46.9 Å². The highest BCUT2D eigenvalue weighted by Crippen LogP contribution is 2.26. The first-order chi connectivity index (χ1) is 20.8. The van der Waals surface area contributed by atoms with Crippen LogP contribution in [0.15, 0.2) is 114 Å². The van der Waals surface area contributed by atoms with Gasteiger partial charge in [0.25, 0.3) is 11.8 Å². The standard InChI is InChI=1S/C35H35N3O4S/c1-4-42-32-16-9-8-15-30(32)37-33(39)23-43-29-14-10-13-28(22-29)36-35(41)31(38-34(40)27-11-6-5-7-12-27)21-25-17-19-26(20-18-25)24(2)3/h5-22,24H,4,23H2,1-3H3,(H,36,41)(H,37,39)(H,38,40)/b31-21+. The summed E-state index contributed by atoms with van der Waals surface area (Å²) in [6.45, 7) is 6.62. The number of amides is 3. The normalized spacial score (nSPS) is 11.1. The van der Waals surface area contributed by atoms with Crippen molar-refractivity contribution in [3.8, 4) is 5.75 Å². The van der Waals surface area contributed by atoms with Crippen LogP contribution < -0.4 is 20.7 Å². The van der Waals surface area contributed by atoms with Gasteiger partial charge in [-0.1, -0.05) is 74.5 Å². The van der Waals surface area contributed by atoms with E-state index in [1.165, 1.54) is 17.3 Å². The molecule has 0 saturated heterocycles. The fraction of sp³-hybridized carbons (Fsp3) is 0.171. The molecule has 3 amide bonds. The Bertz CT molecular complexity index is 1580. The molecular formula is C35H35N3O4S. The van der Waals surface area contributed by atoms with Gasteiger partial charge in [-0.05, 0) is 72.5 Å². The van der Waals surface area contributed by atoms with Crippen molar-refractivity contribution in [1.29, 1.82) is 0 Å². The summed E-state index contributed by atoms with van der Waals surface area (Å²) in [4.78, 5) is 39.8. The van der Waals surface area contributed by atoms with E-state index in [0.717, 1.165) is 10.5 Å². The van der Waals surface area contributed by atoms with Crippen LogP contribution in [0.25, 0.3) is 6.08 Å². The molecule has 0 unspecified atom stereocenters. The Hall–Kier alpha value is -4.82. The van der Waals surface area contributed by atoms with E-state index in [0.29, 0.717) is 35.2 Å². The maximum Gasteiger partial charge on any atom is 0.272 e. The topological polar surface area (TPSA) is 96.5 Å². The third kappa shape index (κ3) is 9.34. The van der Waals surface area contributed by atoms with E-state index in [-0.39, 0.29) is 23.3 Å². The number of benzene rings is 4. The Labute approximate surface area is 256 Å². The Morgan fingerprint density at radius 2 is 1.56 bits per heavy atom. The number of carbonyl (C=O) groups is 3. The molecule has 0 aliphatic heterocycles. The molecule has 43 heavy (non-hydrogen) atoms. The zero-order chi connectivity index (χ0) is 30.6. The molecule has 0 fully saturated rings. The number of thioether (sulfide) groups is 1. The zero-order valence-electron chi connectivity index (χ0n) is 24.4. The van der Waals surface area contributed by atoms with Crippen LogP contribution in [0.5, 0.6) is 5.75 Å². The lowest BCUT2D eigenvalue weighted by Gasteiger charge is -2.13. The summed E-state index contributed by atoms with van der Waals surface area (Å²) in [6.07, 6.45) is 1.66. The van der Waals surface area contributed by atoms with Crippen molar-refractivity contribution in [2.45, 2.75) is 31.6 Å². The summed E-state index contributed by atoms with van der Waals surface area (Å²) in [5.41, 5.74) is 3.66. The highest BCUT2D eigenvalue weighted by Gasteiger charge is 2.16. The first-order valence-electron chi connectivity index (χ1n) is 14.1. The molecule has 0 bridgehead atoms. The van der Waals surface area contributed by atoms with Crippen LogP contribution >= 0.6 is 11.8 Å². The van der Waals surface area contributed by atoms with Gasteiger partial charge in [-0.25, -0.2) is 0 Å². The van der Waals surface area contributed by atoms with Crippen molar-refractivity contribution in [3.63, 3.8) is 0 Å². The lowest BCUT2D eigenvalue weighted by atomic mass is 10.0. The van der Waals surface area contributed by atoms with Crippen LogP contribution in [0, 0.1) is 0 Å². The molecule has 220 valence electrons. The molecule has 0 aliphatic rings. The van der Waals surface area contributed by atoms with E-state index in [4.69, 9.17) is 4.74 Å². The van der Waals surface area contributed by atoms with Crippen LogP contribution in [-0.2, 0) is 9.59 Å². The van der Waals surface area contributed by atoms with Crippen LogP contribution in [0.2, 0.25) is 0 Å². The molecule has 0 saturated carbocycles. The van der Waals surface area contributed by atoms with E-state index < -0.39 is 5.91 Å². The van der Waals surface area contributed by atoms with Gasteiger partial charge in [0.1, 0.15) is 11.4 Å². The van der Waals surface area contributed by atoms with Crippen molar-refractivity contribution < 1.29 is 19.1 Å². The van der Waals surface area contributed by atoms with Crippen molar-refractivity contribution in [1.82, 2.24) is 5.32 Å². The number of carbonyl (C=O) groups excluding carboxylic acids is 3. The van der Waals surface area contributed by atoms with Crippen LogP contribution in [0.4, 0.5) is 11.4 Å². The van der Waals surface area contributed by atoms with E-state index >= 15 is 0 Å². The number of ether oxygens (including phenoxy) is 1. The third-order valence-electron chi connectivity index (χ3n) is 6.37. The summed E-state index contributed by atoms with van der Waals surface area (Å²) >= 11 is 1.34. The minimum Gasteiger partial charge on any atom is -0.492 e. The molecule has 8 heteroatoms. The molecule has 4 aromatic carbocycles. The van der Waals surface area contributed by atoms with Gasteiger partial charge >= 0.3 is 0 Å². The predicted molar refractivity (Wildman–Crippen MR) is 174 cm³/mol. The fourth-order valence-electron chi connectivity index (χ4n) is 4.13. The number of nitrogens with one attached hydrogen (secondary N) is 3. The lowest BCUT2D eigenvalue weighted by Crippen LogP contribution is -2.30. The average Bonchev–Trinajstić information content (AvgIpc) is 3.01. The van der Waals surface area contributed by atoms with Gasteiger partial charge in [0.15, 0.2) is 0 Å². The number of hydrogen-bond donors (Lipinski definition) is 3. The summed E-state index contributed by atoms with van der Waals surface area (Å²) in [7, 11) is 0. The Morgan fingerprint density at radius 3 is 2.28 bits per heavy atom. The van der Waals surface area contributed by atoms with Gasteiger partial charge in [0.05, 0.1) is 18.0 Å². The fourth-order valence-corrected chi connectivity index (χ4v) is 4.89. The Balaban J connectivity index is 1.46. The monoisotopic (exact) mass is 593 g/mol. The summed E-state index contributed by atoms with van der Waals surface area (Å²) in [5.74, 6) is 0.131. The molecule has 0 spiro atoms. The van der Waals surface area contributed by atoms with Gasteiger partial charge in [0, 0.05) is 16.1 Å². The second kappa shape index (κ2) is 15.4. The number of anilines is 2. The average molecular weight is 594 g/mol. The summed E-state index contributed by atoms with van der Waals surface area (Å²) in [5, 5.41) is 8.55. The molecule has 0 aromatic heterocycles. The molecule has 0 radical (unpaired) electrons. The number of hydrogen-bond acceptors (Lipinski definition) is 5. The highest BCUT2D eigenvalue weighted by atomic mass is 32.2. The number of rotatable bonds is 12. The summed E-state index contributed by atoms with van der Waals surface area (Å²) < 4.78 is 5.58. The molecule has 0 aliphatic carbocycles. The zero-order valence-corrected chi connectivity index (χ0v) is 25.2. The van der Waals surface area contributed by atoms with Crippen LogP contribution in [0.1, 0.15) is 48.2 Å². The Kier molecular flexibility index (Phi) is 11.2. The third-order valence-corrected chi connectivity index (χ3v) is 7.36.